The highest BCUT2D eigenvalue weighted by Gasteiger charge is 2.45. The van der Waals surface area contributed by atoms with Gasteiger partial charge in [-0.15, -0.1) is 28.6 Å². The zero-order chi connectivity index (χ0) is 18.4. The second-order valence-corrected chi connectivity index (χ2v) is 7.46. The van der Waals surface area contributed by atoms with E-state index in [9.17, 15) is 15.3 Å². The van der Waals surface area contributed by atoms with Gasteiger partial charge < -0.3 is 21.1 Å². The molecule has 0 spiro atoms. The fourth-order valence-corrected chi connectivity index (χ4v) is 3.39. The van der Waals surface area contributed by atoms with E-state index in [-0.39, 0.29) is 17.0 Å². The van der Waals surface area contributed by atoms with Gasteiger partial charge in [-0.1, -0.05) is 65.2 Å². The van der Waals surface area contributed by atoms with Crippen molar-refractivity contribution in [1.29, 1.82) is 0 Å². The topological polar surface area (TPSA) is 86.7 Å². The summed E-state index contributed by atoms with van der Waals surface area (Å²) in [5.74, 6) is 0.614. The number of halogens is 2. The Morgan fingerprint density at radius 2 is 1.08 bits per heavy atom. The van der Waals surface area contributed by atoms with E-state index in [1.165, 1.54) is 0 Å². The molecule has 0 aromatic rings. The van der Waals surface area contributed by atoms with E-state index in [1.807, 2.05) is 0 Å². The van der Waals surface area contributed by atoms with Gasteiger partial charge in [-0.25, -0.2) is 0 Å². The molecule has 0 aliphatic rings. The second kappa shape index (κ2) is 16.8. The summed E-state index contributed by atoms with van der Waals surface area (Å²) in [6, 6.07) is 0. The molecule has 3 atom stereocenters. The van der Waals surface area contributed by atoms with Gasteiger partial charge in [-0.05, 0) is 25.7 Å². The van der Waals surface area contributed by atoms with Gasteiger partial charge in [0.25, 0.3) is 0 Å². The van der Waals surface area contributed by atoms with E-state index in [4.69, 9.17) is 17.3 Å². The molecule has 0 radical (unpaired) electrons. The number of alkyl halides is 1. The monoisotopic (exact) mass is 445 g/mol. The van der Waals surface area contributed by atoms with Gasteiger partial charge in [0.1, 0.15) is 0 Å². The van der Waals surface area contributed by atoms with E-state index in [1.54, 1.807) is 0 Å². The molecule has 6 heteroatoms. The molecule has 0 heterocycles. The lowest BCUT2D eigenvalue weighted by atomic mass is 9.76. The van der Waals surface area contributed by atoms with Crippen LogP contribution in [0.3, 0.4) is 0 Å². The molecule has 0 aliphatic heterocycles. The van der Waals surface area contributed by atoms with Gasteiger partial charge in [-0.2, -0.15) is 0 Å². The molecular formula is C19H41BrClNO3. The predicted molar refractivity (Wildman–Crippen MR) is 113 cm³/mol. The average molecular weight is 447 g/mol. The fourth-order valence-electron chi connectivity index (χ4n) is 3.20. The molecule has 0 amide bonds. The van der Waals surface area contributed by atoms with Gasteiger partial charge in [-0.3, -0.25) is 0 Å². The summed E-state index contributed by atoms with van der Waals surface area (Å²) in [5, 5.41) is 31.9. The summed E-state index contributed by atoms with van der Waals surface area (Å²) in [6.45, 7) is 4.21. The van der Waals surface area contributed by atoms with Crippen molar-refractivity contribution in [2.45, 2.75) is 115 Å². The van der Waals surface area contributed by atoms with Crippen molar-refractivity contribution in [2.75, 3.05) is 5.88 Å². The van der Waals surface area contributed by atoms with E-state index in [0.717, 1.165) is 57.8 Å². The molecule has 3 unspecified atom stereocenters. The van der Waals surface area contributed by atoms with Crippen LogP contribution in [0, 0.1) is 0 Å². The third-order valence-electron chi connectivity index (χ3n) is 5.00. The van der Waals surface area contributed by atoms with Crippen LogP contribution in [0.25, 0.3) is 0 Å². The van der Waals surface area contributed by atoms with Crippen LogP contribution in [0.4, 0.5) is 0 Å². The second-order valence-electron chi connectivity index (χ2n) is 7.08. The van der Waals surface area contributed by atoms with Crippen molar-refractivity contribution in [3.05, 3.63) is 0 Å². The highest BCUT2D eigenvalue weighted by atomic mass is 79.9. The van der Waals surface area contributed by atoms with Gasteiger partial charge in [0, 0.05) is 5.88 Å². The first-order valence-electron chi connectivity index (χ1n) is 9.84. The third kappa shape index (κ3) is 10.5. The molecule has 154 valence electrons. The third-order valence-corrected chi connectivity index (χ3v) is 5.27. The maximum Gasteiger partial charge on any atom is 0.0942 e. The number of nitrogens with two attached hydrogens (primary N) is 1. The number of hydrogen-bond donors (Lipinski definition) is 4. The molecule has 0 rings (SSSR count). The van der Waals surface area contributed by atoms with Crippen LogP contribution >= 0.6 is 28.6 Å². The highest BCUT2D eigenvalue weighted by Crippen LogP contribution is 2.28. The smallest absolute Gasteiger partial charge is 0.0942 e. The molecule has 0 saturated carbocycles. The van der Waals surface area contributed by atoms with Crippen molar-refractivity contribution >= 4 is 28.6 Å². The number of hydrogen-bond acceptors (Lipinski definition) is 4. The zero-order valence-corrected chi connectivity index (χ0v) is 18.6. The Labute approximate surface area is 170 Å². The Morgan fingerprint density at radius 3 is 1.40 bits per heavy atom. The lowest BCUT2D eigenvalue weighted by molar-refractivity contribution is -0.0874. The summed E-state index contributed by atoms with van der Waals surface area (Å²) in [4.78, 5) is 0. The quantitative estimate of drug-likeness (QED) is 0.210. The Hall–Kier alpha value is 0.610. The van der Waals surface area contributed by atoms with Crippen LogP contribution in [0.1, 0.15) is 90.9 Å². The lowest BCUT2D eigenvalue weighted by Crippen LogP contribution is -2.66. The van der Waals surface area contributed by atoms with E-state index in [0.29, 0.717) is 25.1 Å². The Morgan fingerprint density at radius 1 is 0.720 bits per heavy atom. The van der Waals surface area contributed by atoms with Gasteiger partial charge >= 0.3 is 0 Å². The molecule has 4 nitrogen and oxygen atoms in total. The van der Waals surface area contributed by atoms with Crippen LogP contribution in [-0.2, 0) is 0 Å². The normalized spacial score (nSPS) is 17.4. The molecule has 0 saturated heterocycles. The van der Waals surface area contributed by atoms with E-state index in [2.05, 4.69) is 13.8 Å². The minimum absolute atomic E-state index is 0. The van der Waals surface area contributed by atoms with Crippen LogP contribution in [-0.4, -0.2) is 45.1 Å². The molecular weight excluding hydrogens is 406 g/mol. The van der Waals surface area contributed by atoms with E-state index < -0.39 is 23.9 Å². The van der Waals surface area contributed by atoms with Crippen molar-refractivity contribution < 1.29 is 15.3 Å². The average Bonchev–Trinajstić information content (AvgIpc) is 2.57. The maximum atomic E-state index is 10.6. The molecule has 25 heavy (non-hydrogen) atoms. The highest BCUT2D eigenvalue weighted by molar-refractivity contribution is 8.93. The fraction of sp³-hybridized carbons (Fsp3) is 1.00. The minimum atomic E-state index is -1.34. The standard InChI is InChI=1S/C19H40ClNO3.BrH/c1-3-5-8-12-16(22)19(21,17(23)13-9-6-4-2)18(24)14-10-7-11-15-20;/h16-18,22-24H,3-15,21H2,1-2H3;1H. The van der Waals surface area contributed by atoms with Crippen LogP contribution < -0.4 is 5.73 Å². The first kappa shape index (κ1) is 27.8. The van der Waals surface area contributed by atoms with Gasteiger partial charge in [0.2, 0.25) is 0 Å². The Kier molecular flexibility index (Phi) is 18.7. The molecule has 0 fully saturated rings. The number of aliphatic hydroxyl groups excluding tert-OH is 3. The summed E-state index contributed by atoms with van der Waals surface area (Å²) < 4.78 is 0. The molecule has 0 aromatic heterocycles. The van der Waals surface area contributed by atoms with Crippen molar-refractivity contribution in [2.24, 2.45) is 5.73 Å². The van der Waals surface area contributed by atoms with Crippen molar-refractivity contribution in [1.82, 2.24) is 0 Å². The van der Waals surface area contributed by atoms with Crippen LogP contribution in [0.15, 0.2) is 0 Å². The van der Waals surface area contributed by atoms with Gasteiger partial charge in [0.15, 0.2) is 0 Å². The largest absolute Gasteiger partial charge is 0.391 e. The predicted octanol–water partition coefficient (Wildman–Crippen LogP) is 4.30. The molecule has 0 aromatic carbocycles. The minimum Gasteiger partial charge on any atom is -0.391 e. The molecule has 0 bridgehead atoms. The zero-order valence-electron chi connectivity index (χ0n) is 16.1. The van der Waals surface area contributed by atoms with E-state index >= 15 is 0 Å². The van der Waals surface area contributed by atoms with Crippen LogP contribution in [0.2, 0.25) is 0 Å². The summed E-state index contributed by atoms with van der Waals surface area (Å²) in [6.07, 6.45) is 7.37. The summed E-state index contributed by atoms with van der Waals surface area (Å²) >= 11 is 5.68. The Bertz CT molecular complexity index is 282. The summed E-state index contributed by atoms with van der Waals surface area (Å²) in [7, 11) is 0. The lowest BCUT2D eigenvalue weighted by Gasteiger charge is -2.42. The first-order chi connectivity index (χ1) is 11.4. The number of aliphatic hydroxyl groups is 3. The summed E-state index contributed by atoms with van der Waals surface area (Å²) in [5.41, 5.74) is 5.09. The molecule has 0 aliphatic carbocycles. The maximum absolute atomic E-state index is 10.6. The van der Waals surface area contributed by atoms with Gasteiger partial charge in [0.05, 0.1) is 23.9 Å². The van der Waals surface area contributed by atoms with Crippen molar-refractivity contribution in [3.8, 4) is 0 Å². The SMILES string of the molecule is Br.CCCCCC(O)C(N)(C(O)CCCCC)C(O)CCCCCCl. The van der Waals surface area contributed by atoms with Crippen molar-refractivity contribution in [3.63, 3.8) is 0 Å². The number of rotatable bonds is 16. The number of unbranched alkanes of at least 4 members (excludes halogenated alkanes) is 6. The first-order valence-corrected chi connectivity index (χ1v) is 10.4. The van der Waals surface area contributed by atoms with Crippen LogP contribution in [0.5, 0.6) is 0 Å². The Balaban J connectivity index is 0. The molecule has 5 N–H and O–H groups in total.